The van der Waals surface area contributed by atoms with E-state index in [1.807, 2.05) is 36.5 Å². The van der Waals surface area contributed by atoms with E-state index in [0.717, 1.165) is 54.9 Å². The number of benzene rings is 2. The largest absolute Gasteiger partial charge is 0.337 e. The Morgan fingerprint density at radius 3 is 2.57 bits per heavy atom. The summed E-state index contributed by atoms with van der Waals surface area (Å²) in [6, 6.07) is 13.1. The number of carbonyl (C=O) groups is 1. The molecule has 0 aliphatic carbocycles. The van der Waals surface area contributed by atoms with E-state index in [9.17, 15) is 4.79 Å². The number of hydrogen-bond acceptors (Lipinski definition) is 4. The fourth-order valence-corrected chi connectivity index (χ4v) is 4.59. The zero-order valence-corrected chi connectivity index (χ0v) is 20.2. The molecule has 7 heteroatoms. The Labute approximate surface area is 205 Å². The third-order valence-electron chi connectivity index (χ3n) is 6.68. The van der Waals surface area contributed by atoms with E-state index in [2.05, 4.69) is 70.1 Å². The fraction of sp³-hybridized carbons (Fsp3) is 0.250. The number of rotatable bonds is 6. The normalized spacial score (nSPS) is 14.7. The van der Waals surface area contributed by atoms with Crippen LogP contribution in [0.25, 0.3) is 34.2 Å². The van der Waals surface area contributed by atoms with Gasteiger partial charge in [-0.3, -0.25) is 19.5 Å². The Kier molecular flexibility index (Phi) is 6.33. The van der Waals surface area contributed by atoms with Crippen molar-refractivity contribution in [3.63, 3.8) is 0 Å². The molecule has 0 saturated carbocycles. The summed E-state index contributed by atoms with van der Waals surface area (Å²) in [5.41, 5.74) is 7.92. The first-order valence-corrected chi connectivity index (χ1v) is 11.9. The van der Waals surface area contributed by atoms with Gasteiger partial charge in [0.25, 0.3) is 0 Å². The van der Waals surface area contributed by atoms with E-state index in [4.69, 9.17) is 0 Å². The summed E-state index contributed by atoms with van der Waals surface area (Å²) in [4.78, 5) is 16.1. The predicted octanol–water partition coefficient (Wildman–Crippen LogP) is 4.27. The zero-order chi connectivity index (χ0) is 24.4. The molecule has 1 aliphatic rings. The van der Waals surface area contributed by atoms with E-state index >= 15 is 0 Å². The van der Waals surface area contributed by atoms with Crippen LogP contribution in [0.15, 0.2) is 61.4 Å². The van der Waals surface area contributed by atoms with Crippen molar-refractivity contribution in [2.75, 3.05) is 26.2 Å². The number of carbonyl (C=O) groups excluding carboxylic acids is 1. The second-order valence-corrected chi connectivity index (χ2v) is 9.10. The summed E-state index contributed by atoms with van der Waals surface area (Å²) in [6.07, 6.45) is 9.26. The molecule has 4 aromatic rings. The monoisotopic (exact) mass is 466 g/mol. The Morgan fingerprint density at radius 2 is 1.86 bits per heavy atom. The van der Waals surface area contributed by atoms with Crippen molar-refractivity contribution in [3.05, 3.63) is 83.8 Å². The van der Waals surface area contributed by atoms with Gasteiger partial charge in [0.15, 0.2) is 0 Å². The molecule has 178 valence electrons. The van der Waals surface area contributed by atoms with Crippen LogP contribution in [0.1, 0.15) is 22.4 Å². The molecular formula is C28H30N6O. The van der Waals surface area contributed by atoms with Crippen LogP contribution >= 0.6 is 0 Å². The molecule has 0 atom stereocenters. The molecule has 2 aromatic heterocycles. The molecule has 0 bridgehead atoms. The summed E-state index contributed by atoms with van der Waals surface area (Å²) in [5.74, 6) is 0.0236. The third kappa shape index (κ3) is 4.95. The van der Waals surface area contributed by atoms with Crippen molar-refractivity contribution in [3.8, 4) is 11.1 Å². The second kappa shape index (κ2) is 9.72. The van der Waals surface area contributed by atoms with Crippen LogP contribution in [0.2, 0.25) is 0 Å². The summed E-state index contributed by atoms with van der Waals surface area (Å²) < 4.78 is 1.79. The van der Waals surface area contributed by atoms with Crippen molar-refractivity contribution in [2.24, 2.45) is 7.05 Å². The third-order valence-corrected chi connectivity index (χ3v) is 6.68. The Balaban J connectivity index is 1.32. The molecule has 7 nitrogen and oxygen atoms in total. The number of nitrogens with one attached hydrogen (secondary N) is 1. The van der Waals surface area contributed by atoms with Crippen LogP contribution in [0.4, 0.5) is 0 Å². The van der Waals surface area contributed by atoms with Crippen LogP contribution in [0.3, 0.4) is 0 Å². The van der Waals surface area contributed by atoms with Crippen LogP contribution in [-0.2, 0) is 18.4 Å². The van der Waals surface area contributed by atoms with Crippen molar-refractivity contribution < 1.29 is 4.79 Å². The SMILES string of the molecule is C=CC(=O)N1CCN(Cc2ccc(-c3ccc4[nH]nc(/C=C/c5cnn(C)c5)c4c3)cc2C)CC1. The zero-order valence-electron chi connectivity index (χ0n) is 20.2. The molecule has 35 heavy (non-hydrogen) atoms. The lowest BCUT2D eigenvalue weighted by atomic mass is 9.98. The van der Waals surface area contributed by atoms with Gasteiger partial charge in [-0.15, -0.1) is 0 Å². The van der Waals surface area contributed by atoms with Crippen LogP contribution in [-0.4, -0.2) is 61.9 Å². The first-order valence-electron chi connectivity index (χ1n) is 11.9. The topological polar surface area (TPSA) is 70.1 Å². The van der Waals surface area contributed by atoms with Gasteiger partial charge in [-0.25, -0.2) is 0 Å². The number of aryl methyl sites for hydroxylation is 2. The number of aromatic amines is 1. The van der Waals surface area contributed by atoms with Gasteiger partial charge in [0.2, 0.25) is 5.91 Å². The maximum Gasteiger partial charge on any atom is 0.246 e. The highest BCUT2D eigenvalue weighted by Gasteiger charge is 2.19. The molecule has 5 rings (SSSR count). The molecule has 0 spiro atoms. The van der Waals surface area contributed by atoms with E-state index in [1.54, 1.807) is 4.68 Å². The quantitative estimate of drug-likeness (QED) is 0.431. The number of hydrogen-bond donors (Lipinski definition) is 1. The van der Waals surface area contributed by atoms with Crippen molar-refractivity contribution in [1.29, 1.82) is 0 Å². The number of H-pyrrole nitrogens is 1. The highest BCUT2D eigenvalue weighted by Crippen LogP contribution is 2.28. The number of amides is 1. The minimum Gasteiger partial charge on any atom is -0.337 e. The highest BCUT2D eigenvalue weighted by atomic mass is 16.2. The Morgan fingerprint density at radius 1 is 1.09 bits per heavy atom. The molecular weight excluding hydrogens is 436 g/mol. The molecule has 3 heterocycles. The van der Waals surface area contributed by atoms with E-state index < -0.39 is 0 Å². The number of nitrogens with zero attached hydrogens (tertiary/aromatic N) is 5. The average Bonchev–Trinajstić information content (AvgIpc) is 3.49. The van der Waals surface area contributed by atoms with Crippen LogP contribution < -0.4 is 0 Å². The maximum atomic E-state index is 11.8. The molecule has 1 N–H and O–H groups in total. The Bertz CT molecular complexity index is 1400. The maximum absolute atomic E-state index is 11.8. The average molecular weight is 467 g/mol. The van der Waals surface area contributed by atoms with Gasteiger partial charge in [-0.1, -0.05) is 30.8 Å². The fourth-order valence-electron chi connectivity index (χ4n) is 4.59. The molecule has 2 aromatic carbocycles. The summed E-state index contributed by atoms with van der Waals surface area (Å²) in [5, 5.41) is 12.9. The van der Waals surface area contributed by atoms with Gasteiger partial charge >= 0.3 is 0 Å². The minimum absolute atomic E-state index is 0.0236. The summed E-state index contributed by atoms with van der Waals surface area (Å²) >= 11 is 0. The van der Waals surface area contributed by atoms with Crippen molar-refractivity contribution >= 4 is 29.0 Å². The van der Waals surface area contributed by atoms with E-state index in [0.29, 0.717) is 0 Å². The molecule has 1 fully saturated rings. The van der Waals surface area contributed by atoms with Crippen LogP contribution in [0, 0.1) is 6.92 Å². The van der Waals surface area contributed by atoms with Gasteiger partial charge in [-0.05, 0) is 59.5 Å². The molecule has 0 radical (unpaired) electrons. The Hall–Kier alpha value is -3.97. The van der Waals surface area contributed by atoms with Crippen molar-refractivity contribution in [1.82, 2.24) is 29.8 Å². The van der Waals surface area contributed by atoms with E-state index in [1.165, 1.54) is 28.3 Å². The lowest BCUT2D eigenvalue weighted by molar-refractivity contribution is -0.127. The standard InChI is InChI=1S/C28H30N6O/c1-4-28(35)34-13-11-33(12-14-34)19-24-7-6-22(15-20(24)2)23-8-10-27-25(16-23)26(30-31-27)9-5-21-17-29-32(3)18-21/h4-10,15-18H,1,11-14,19H2,2-3H3,(H,30,31)/b9-5+. The van der Waals surface area contributed by atoms with Gasteiger partial charge in [-0.2, -0.15) is 10.2 Å². The lowest BCUT2D eigenvalue weighted by Crippen LogP contribution is -2.47. The van der Waals surface area contributed by atoms with E-state index in [-0.39, 0.29) is 5.91 Å². The first-order chi connectivity index (χ1) is 17.0. The number of fused-ring (bicyclic) bond motifs is 1. The van der Waals surface area contributed by atoms with Gasteiger partial charge in [0.05, 0.1) is 17.4 Å². The van der Waals surface area contributed by atoms with Crippen LogP contribution in [0.5, 0.6) is 0 Å². The smallest absolute Gasteiger partial charge is 0.246 e. The lowest BCUT2D eigenvalue weighted by Gasteiger charge is -2.34. The van der Waals surface area contributed by atoms with Gasteiger partial charge in [0.1, 0.15) is 0 Å². The second-order valence-electron chi connectivity index (χ2n) is 9.10. The highest BCUT2D eigenvalue weighted by molar-refractivity contribution is 5.92. The number of piperazine rings is 1. The summed E-state index contributed by atoms with van der Waals surface area (Å²) in [7, 11) is 1.91. The molecule has 1 aliphatic heterocycles. The number of aromatic nitrogens is 4. The van der Waals surface area contributed by atoms with Gasteiger partial charge < -0.3 is 4.90 Å². The summed E-state index contributed by atoms with van der Waals surface area (Å²) in [6.45, 7) is 9.94. The minimum atomic E-state index is 0.0236. The molecule has 0 unspecified atom stereocenters. The predicted molar refractivity (Wildman–Crippen MR) is 140 cm³/mol. The molecule has 1 amide bonds. The first kappa shape index (κ1) is 22.8. The van der Waals surface area contributed by atoms with Gasteiger partial charge in [0, 0.05) is 56.9 Å². The van der Waals surface area contributed by atoms with Crippen molar-refractivity contribution in [2.45, 2.75) is 13.5 Å². The molecule has 1 saturated heterocycles.